The van der Waals surface area contributed by atoms with Crippen LogP contribution in [0.1, 0.15) is 6.42 Å². The van der Waals surface area contributed by atoms with Crippen LogP contribution in [0.2, 0.25) is 0 Å². The molecular weight excluding hydrogens is 190 g/mol. The first-order valence-corrected chi connectivity index (χ1v) is 4.30. The summed E-state index contributed by atoms with van der Waals surface area (Å²) in [5.74, 6) is -0.644. The van der Waals surface area contributed by atoms with Crippen LogP contribution in [0.4, 0.5) is 0 Å². The fraction of sp³-hybridized carbons (Fsp3) is 0.875. The van der Waals surface area contributed by atoms with E-state index in [1.54, 1.807) is 0 Å². The van der Waals surface area contributed by atoms with Gasteiger partial charge in [0.15, 0.2) is 12.4 Å². The Morgan fingerprint density at radius 3 is 2.71 bits per heavy atom. The lowest BCUT2D eigenvalue weighted by atomic mass is 10.00. The van der Waals surface area contributed by atoms with Crippen molar-refractivity contribution in [2.24, 2.45) is 5.73 Å². The van der Waals surface area contributed by atoms with Crippen LogP contribution < -0.4 is 5.73 Å². The van der Waals surface area contributed by atoms with Gasteiger partial charge in [-0.1, -0.05) is 0 Å². The Morgan fingerprint density at radius 1 is 1.57 bits per heavy atom. The summed E-state index contributed by atoms with van der Waals surface area (Å²) in [6.07, 6.45) is -2.33. The normalized spacial score (nSPS) is 38.0. The zero-order valence-electron chi connectivity index (χ0n) is 8.17. The Morgan fingerprint density at radius 2 is 2.21 bits per heavy atom. The number of nitrogens with two attached hydrogens (primary N) is 1. The van der Waals surface area contributed by atoms with Crippen molar-refractivity contribution in [1.82, 2.24) is 0 Å². The molecular formula is C8H15NO5. The molecule has 1 saturated heterocycles. The van der Waals surface area contributed by atoms with Crippen molar-refractivity contribution in [2.75, 3.05) is 14.2 Å². The van der Waals surface area contributed by atoms with E-state index in [1.807, 2.05) is 0 Å². The number of hydrogen-bond acceptors (Lipinski definition) is 6. The van der Waals surface area contributed by atoms with Gasteiger partial charge in [-0.15, -0.1) is 0 Å². The first-order valence-electron chi connectivity index (χ1n) is 4.30. The second kappa shape index (κ2) is 4.70. The molecule has 1 rings (SSSR count). The van der Waals surface area contributed by atoms with Crippen molar-refractivity contribution in [1.29, 1.82) is 0 Å². The van der Waals surface area contributed by atoms with Gasteiger partial charge in [0, 0.05) is 19.6 Å². The summed E-state index contributed by atoms with van der Waals surface area (Å²) < 4.78 is 14.5. The van der Waals surface area contributed by atoms with E-state index >= 15 is 0 Å². The highest BCUT2D eigenvalue weighted by Crippen LogP contribution is 2.20. The van der Waals surface area contributed by atoms with E-state index in [-0.39, 0.29) is 0 Å². The van der Waals surface area contributed by atoms with Crippen LogP contribution in [0.15, 0.2) is 0 Å². The lowest BCUT2D eigenvalue weighted by Gasteiger charge is -2.35. The second-order valence-electron chi connectivity index (χ2n) is 3.14. The number of aliphatic hydroxyl groups excluding tert-OH is 1. The fourth-order valence-electron chi connectivity index (χ4n) is 1.35. The van der Waals surface area contributed by atoms with Gasteiger partial charge < -0.3 is 25.1 Å². The van der Waals surface area contributed by atoms with E-state index in [9.17, 15) is 9.90 Å². The summed E-state index contributed by atoms with van der Waals surface area (Å²) in [7, 11) is 2.67. The Kier molecular flexibility index (Phi) is 3.82. The smallest absolute Gasteiger partial charge is 0.337 e. The number of aliphatic hydroxyl groups is 1. The maximum atomic E-state index is 11.2. The van der Waals surface area contributed by atoms with E-state index in [2.05, 4.69) is 4.74 Å². The molecule has 0 bridgehead atoms. The van der Waals surface area contributed by atoms with Crippen molar-refractivity contribution in [2.45, 2.75) is 31.0 Å². The number of carbonyl (C=O) groups excluding carboxylic acids is 1. The number of hydrogen-bond donors (Lipinski definition) is 2. The van der Waals surface area contributed by atoms with Crippen LogP contribution in [0.3, 0.4) is 0 Å². The molecule has 1 heterocycles. The molecule has 0 unspecified atom stereocenters. The van der Waals surface area contributed by atoms with Crippen molar-refractivity contribution in [3.8, 4) is 0 Å². The maximum Gasteiger partial charge on any atom is 0.337 e. The zero-order valence-corrected chi connectivity index (χ0v) is 8.17. The van der Waals surface area contributed by atoms with E-state index in [1.165, 1.54) is 14.2 Å². The van der Waals surface area contributed by atoms with Crippen LogP contribution in [0.5, 0.6) is 0 Å². The highest BCUT2D eigenvalue weighted by atomic mass is 16.7. The average molecular weight is 205 g/mol. The molecule has 0 radical (unpaired) electrons. The molecule has 1 aliphatic heterocycles. The Hall–Kier alpha value is -0.690. The molecule has 0 saturated carbocycles. The highest BCUT2D eigenvalue weighted by molar-refractivity contribution is 5.75. The van der Waals surface area contributed by atoms with Crippen molar-refractivity contribution in [3.63, 3.8) is 0 Å². The topological polar surface area (TPSA) is 91.0 Å². The van der Waals surface area contributed by atoms with Gasteiger partial charge in [-0.25, -0.2) is 4.79 Å². The van der Waals surface area contributed by atoms with Crippen molar-refractivity contribution in [3.05, 3.63) is 0 Å². The summed E-state index contributed by atoms with van der Waals surface area (Å²) in [5.41, 5.74) is 5.61. The van der Waals surface area contributed by atoms with Gasteiger partial charge in [-0.3, -0.25) is 0 Å². The SMILES string of the molecule is COC(=O)[C@@H]1O[C@@H](OC)C[C@H](N)[C@@H]1O. The van der Waals surface area contributed by atoms with Gasteiger partial charge >= 0.3 is 5.97 Å². The van der Waals surface area contributed by atoms with E-state index < -0.39 is 30.5 Å². The van der Waals surface area contributed by atoms with Gasteiger partial charge in [0.25, 0.3) is 0 Å². The first-order chi connectivity index (χ1) is 6.60. The van der Waals surface area contributed by atoms with Gasteiger partial charge in [0.2, 0.25) is 0 Å². The maximum absolute atomic E-state index is 11.2. The molecule has 0 amide bonds. The molecule has 0 aromatic carbocycles. The van der Waals surface area contributed by atoms with Crippen LogP contribution in [0.25, 0.3) is 0 Å². The molecule has 14 heavy (non-hydrogen) atoms. The van der Waals surface area contributed by atoms with Crippen LogP contribution >= 0.6 is 0 Å². The van der Waals surface area contributed by atoms with Crippen molar-refractivity contribution < 1.29 is 24.1 Å². The summed E-state index contributed by atoms with van der Waals surface area (Å²) in [5, 5.41) is 9.55. The van der Waals surface area contributed by atoms with E-state index in [0.29, 0.717) is 6.42 Å². The first kappa shape index (κ1) is 11.4. The minimum absolute atomic E-state index is 0.352. The Bertz CT molecular complexity index is 210. The molecule has 6 heteroatoms. The number of rotatable bonds is 2. The number of carbonyl (C=O) groups is 1. The number of ether oxygens (including phenoxy) is 3. The van der Waals surface area contributed by atoms with Gasteiger partial charge in [-0.05, 0) is 0 Å². The molecule has 1 aliphatic rings. The monoisotopic (exact) mass is 205 g/mol. The lowest BCUT2D eigenvalue weighted by molar-refractivity contribution is -0.225. The third-order valence-electron chi connectivity index (χ3n) is 2.21. The molecule has 6 nitrogen and oxygen atoms in total. The van der Waals surface area contributed by atoms with Gasteiger partial charge in [-0.2, -0.15) is 0 Å². The third kappa shape index (κ3) is 2.21. The molecule has 4 atom stereocenters. The average Bonchev–Trinajstić information content (AvgIpc) is 2.20. The zero-order chi connectivity index (χ0) is 10.7. The van der Waals surface area contributed by atoms with Gasteiger partial charge in [0.1, 0.15) is 6.10 Å². The molecule has 1 fully saturated rings. The predicted octanol–water partition coefficient (Wildman–Crippen LogP) is -1.39. The van der Waals surface area contributed by atoms with E-state index in [0.717, 1.165) is 0 Å². The Labute approximate surface area is 81.9 Å². The molecule has 0 aromatic rings. The lowest BCUT2D eigenvalue weighted by Crippen LogP contribution is -2.55. The summed E-state index contributed by atoms with van der Waals surface area (Å²) >= 11 is 0. The number of methoxy groups -OCH3 is 2. The summed E-state index contributed by atoms with van der Waals surface area (Å²) in [4.78, 5) is 11.2. The Balaban J connectivity index is 2.67. The minimum Gasteiger partial charge on any atom is -0.467 e. The van der Waals surface area contributed by atoms with Crippen LogP contribution in [-0.2, 0) is 19.0 Å². The number of esters is 1. The molecule has 0 aromatic heterocycles. The molecule has 0 aliphatic carbocycles. The van der Waals surface area contributed by atoms with Crippen LogP contribution in [-0.4, -0.2) is 49.8 Å². The fourth-order valence-corrected chi connectivity index (χ4v) is 1.35. The standard InChI is InChI=1S/C8H15NO5/c1-12-5-3-4(9)6(10)7(14-5)8(11)13-2/h4-7,10H,3,9H2,1-2H3/t4-,5+,6-,7+/m0/s1. The van der Waals surface area contributed by atoms with Crippen molar-refractivity contribution >= 4 is 5.97 Å². The largest absolute Gasteiger partial charge is 0.467 e. The second-order valence-corrected chi connectivity index (χ2v) is 3.14. The van der Waals surface area contributed by atoms with Gasteiger partial charge in [0.05, 0.1) is 7.11 Å². The summed E-state index contributed by atoms with van der Waals surface area (Å²) in [6, 6.07) is -0.544. The molecule has 3 N–H and O–H groups in total. The predicted molar refractivity (Wildman–Crippen MR) is 46.3 cm³/mol. The minimum atomic E-state index is -1.06. The van der Waals surface area contributed by atoms with Crippen LogP contribution in [0, 0.1) is 0 Å². The summed E-state index contributed by atoms with van der Waals surface area (Å²) in [6.45, 7) is 0. The quantitative estimate of drug-likeness (QED) is 0.539. The molecule has 0 spiro atoms. The highest BCUT2D eigenvalue weighted by Gasteiger charge is 2.40. The third-order valence-corrected chi connectivity index (χ3v) is 2.21. The van der Waals surface area contributed by atoms with E-state index in [4.69, 9.17) is 15.2 Å². The molecule has 82 valence electrons.